The van der Waals surface area contributed by atoms with Crippen molar-refractivity contribution in [2.45, 2.75) is 20.8 Å². The number of rotatable bonds is 1. The minimum atomic E-state index is 0.186. The van der Waals surface area contributed by atoms with Crippen LogP contribution in [0.3, 0.4) is 0 Å². The molecule has 1 saturated heterocycles. The first-order valence-electron chi connectivity index (χ1n) is 6.16. The Hall–Kier alpha value is -1.51. The number of carbonyl (C=O) groups is 1. The van der Waals surface area contributed by atoms with Gasteiger partial charge in [0.05, 0.1) is 0 Å². The molecule has 1 aliphatic rings. The monoisotopic (exact) mass is 232 g/mol. The average molecular weight is 232 g/mol. The topological polar surface area (TPSA) is 23.6 Å². The zero-order valence-corrected chi connectivity index (χ0v) is 10.9. The lowest BCUT2D eigenvalue weighted by molar-refractivity contribution is -0.129. The van der Waals surface area contributed by atoms with Gasteiger partial charge in [0.25, 0.3) is 0 Å². The van der Waals surface area contributed by atoms with Crippen molar-refractivity contribution in [2.24, 2.45) is 0 Å². The fourth-order valence-electron chi connectivity index (χ4n) is 2.55. The van der Waals surface area contributed by atoms with Gasteiger partial charge < -0.3 is 9.80 Å². The van der Waals surface area contributed by atoms with Crippen LogP contribution in [0.25, 0.3) is 0 Å². The van der Waals surface area contributed by atoms with E-state index in [0.29, 0.717) is 0 Å². The summed E-state index contributed by atoms with van der Waals surface area (Å²) in [6.07, 6.45) is 0. The Morgan fingerprint density at radius 3 is 2.06 bits per heavy atom. The predicted molar refractivity (Wildman–Crippen MR) is 70.4 cm³/mol. The Kier molecular flexibility index (Phi) is 3.36. The highest BCUT2D eigenvalue weighted by Crippen LogP contribution is 2.25. The number of para-hydroxylation sites is 1. The van der Waals surface area contributed by atoms with Gasteiger partial charge in [-0.2, -0.15) is 0 Å². The van der Waals surface area contributed by atoms with Crippen molar-refractivity contribution in [3.63, 3.8) is 0 Å². The number of carbonyl (C=O) groups excluding carboxylic acids is 1. The van der Waals surface area contributed by atoms with Crippen molar-refractivity contribution in [2.75, 3.05) is 31.1 Å². The third-order valence-corrected chi connectivity index (χ3v) is 3.48. The number of piperazine rings is 1. The van der Waals surface area contributed by atoms with Crippen LogP contribution in [0.15, 0.2) is 18.2 Å². The van der Waals surface area contributed by atoms with Gasteiger partial charge in [-0.05, 0) is 25.0 Å². The second-order valence-electron chi connectivity index (χ2n) is 4.73. The fraction of sp³-hybridized carbons (Fsp3) is 0.500. The second-order valence-corrected chi connectivity index (χ2v) is 4.73. The molecule has 0 atom stereocenters. The molecule has 0 aliphatic carbocycles. The van der Waals surface area contributed by atoms with Crippen molar-refractivity contribution in [1.29, 1.82) is 0 Å². The standard InChI is InChI=1S/C14H20N2O/c1-11-5-4-6-12(2)14(11)16-9-7-15(8-10-16)13(3)17/h4-6H,7-10H2,1-3H3. The first kappa shape index (κ1) is 12.0. The summed E-state index contributed by atoms with van der Waals surface area (Å²) in [7, 11) is 0. The summed E-state index contributed by atoms with van der Waals surface area (Å²) in [5.41, 5.74) is 3.98. The normalized spacial score (nSPS) is 16.2. The first-order chi connectivity index (χ1) is 8.09. The Morgan fingerprint density at radius 2 is 1.59 bits per heavy atom. The highest BCUT2D eigenvalue weighted by molar-refractivity contribution is 5.73. The van der Waals surface area contributed by atoms with Gasteiger partial charge in [0.1, 0.15) is 0 Å². The van der Waals surface area contributed by atoms with Crippen molar-refractivity contribution in [3.05, 3.63) is 29.3 Å². The molecule has 17 heavy (non-hydrogen) atoms. The molecule has 1 amide bonds. The maximum absolute atomic E-state index is 11.3. The van der Waals surface area contributed by atoms with Crippen LogP contribution in [0, 0.1) is 13.8 Å². The molecular formula is C14H20N2O. The van der Waals surface area contributed by atoms with Crippen LogP contribution in [0.5, 0.6) is 0 Å². The van der Waals surface area contributed by atoms with Gasteiger partial charge in [-0.25, -0.2) is 0 Å². The van der Waals surface area contributed by atoms with Gasteiger partial charge in [0.15, 0.2) is 0 Å². The fourth-order valence-corrected chi connectivity index (χ4v) is 2.55. The molecule has 92 valence electrons. The van der Waals surface area contributed by atoms with E-state index in [2.05, 4.69) is 36.9 Å². The van der Waals surface area contributed by atoms with Gasteiger partial charge in [-0.15, -0.1) is 0 Å². The summed E-state index contributed by atoms with van der Waals surface area (Å²) >= 11 is 0. The largest absolute Gasteiger partial charge is 0.368 e. The van der Waals surface area contributed by atoms with Crippen LogP contribution in [-0.2, 0) is 4.79 Å². The Morgan fingerprint density at radius 1 is 1.06 bits per heavy atom. The Bertz CT molecular complexity index is 400. The van der Waals surface area contributed by atoms with E-state index in [4.69, 9.17) is 0 Å². The summed E-state index contributed by atoms with van der Waals surface area (Å²) in [5, 5.41) is 0. The van der Waals surface area contributed by atoms with E-state index < -0.39 is 0 Å². The molecule has 2 rings (SSSR count). The lowest BCUT2D eigenvalue weighted by Gasteiger charge is -2.37. The Balaban J connectivity index is 2.13. The van der Waals surface area contributed by atoms with E-state index in [1.165, 1.54) is 16.8 Å². The van der Waals surface area contributed by atoms with E-state index >= 15 is 0 Å². The minimum Gasteiger partial charge on any atom is -0.368 e. The van der Waals surface area contributed by atoms with Gasteiger partial charge in [-0.3, -0.25) is 4.79 Å². The molecule has 0 radical (unpaired) electrons. The summed E-state index contributed by atoms with van der Waals surface area (Å²) < 4.78 is 0. The molecule has 0 N–H and O–H groups in total. The summed E-state index contributed by atoms with van der Waals surface area (Å²) in [6, 6.07) is 6.40. The van der Waals surface area contributed by atoms with Crippen LogP contribution in [0.1, 0.15) is 18.1 Å². The molecule has 1 aliphatic heterocycles. The predicted octanol–water partition coefficient (Wildman–Crippen LogP) is 1.97. The number of nitrogens with zero attached hydrogens (tertiary/aromatic N) is 2. The van der Waals surface area contributed by atoms with Gasteiger partial charge in [0, 0.05) is 38.8 Å². The zero-order chi connectivity index (χ0) is 12.4. The van der Waals surface area contributed by atoms with E-state index in [1.54, 1.807) is 6.92 Å². The summed E-state index contributed by atoms with van der Waals surface area (Å²) in [4.78, 5) is 15.6. The molecule has 3 nitrogen and oxygen atoms in total. The average Bonchev–Trinajstić information content (AvgIpc) is 2.29. The molecule has 3 heteroatoms. The van der Waals surface area contributed by atoms with Crippen molar-refractivity contribution in [3.8, 4) is 0 Å². The lowest BCUT2D eigenvalue weighted by atomic mass is 10.1. The highest BCUT2D eigenvalue weighted by atomic mass is 16.2. The number of anilines is 1. The summed E-state index contributed by atoms with van der Waals surface area (Å²) in [5.74, 6) is 0.186. The van der Waals surface area contributed by atoms with Crippen LogP contribution in [0.2, 0.25) is 0 Å². The number of hydrogen-bond acceptors (Lipinski definition) is 2. The van der Waals surface area contributed by atoms with E-state index in [-0.39, 0.29) is 5.91 Å². The molecule has 1 fully saturated rings. The van der Waals surface area contributed by atoms with Crippen LogP contribution in [-0.4, -0.2) is 37.0 Å². The molecular weight excluding hydrogens is 212 g/mol. The van der Waals surface area contributed by atoms with Gasteiger partial charge >= 0.3 is 0 Å². The zero-order valence-electron chi connectivity index (χ0n) is 10.9. The van der Waals surface area contributed by atoms with E-state index in [9.17, 15) is 4.79 Å². The third-order valence-electron chi connectivity index (χ3n) is 3.48. The number of benzene rings is 1. The molecule has 1 heterocycles. The number of amides is 1. The Labute approximate surface area is 103 Å². The molecule has 0 saturated carbocycles. The van der Waals surface area contributed by atoms with Crippen LogP contribution >= 0.6 is 0 Å². The van der Waals surface area contributed by atoms with E-state index in [1.807, 2.05) is 4.90 Å². The second kappa shape index (κ2) is 4.78. The minimum absolute atomic E-state index is 0.186. The van der Waals surface area contributed by atoms with Gasteiger partial charge in [-0.1, -0.05) is 18.2 Å². The number of hydrogen-bond donors (Lipinski definition) is 0. The molecule has 0 spiro atoms. The third kappa shape index (κ3) is 2.43. The quantitative estimate of drug-likeness (QED) is 0.739. The van der Waals surface area contributed by atoms with Crippen molar-refractivity contribution >= 4 is 11.6 Å². The van der Waals surface area contributed by atoms with E-state index in [0.717, 1.165) is 26.2 Å². The maximum atomic E-state index is 11.3. The molecule has 1 aromatic carbocycles. The molecule has 0 unspecified atom stereocenters. The highest BCUT2D eigenvalue weighted by Gasteiger charge is 2.20. The molecule has 0 aromatic heterocycles. The first-order valence-corrected chi connectivity index (χ1v) is 6.16. The van der Waals surface area contributed by atoms with Crippen molar-refractivity contribution < 1.29 is 4.79 Å². The number of aryl methyl sites for hydroxylation is 2. The molecule has 0 bridgehead atoms. The maximum Gasteiger partial charge on any atom is 0.219 e. The lowest BCUT2D eigenvalue weighted by Crippen LogP contribution is -2.48. The van der Waals surface area contributed by atoms with Crippen molar-refractivity contribution in [1.82, 2.24) is 4.90 Å². The smallest absolute Gasteiger partial charge is 0.219 e. The van der Waals surface area contributed by atoms with Crippen LogP contribution < -0.4 is 4.90 Å². The van der Waals surface area contributed by atoms with Gasteiger partial charge in [0.2, 0.25) is 5.91 Å². The molecule has 1 aromatic rings. The summed E-state index contributed by atoms with van der Waals surface area (Å²) in [6.45, 7) is 9.50. The SMILES string of the molecule is CC(=O)N1CCN(c2c(C)cccc2C)CC1. The van der Waals surface area contributed by atoms with Crippen LogP contribution in [0.4, 0.5) is 5.69 Å².